The van der Waals surface area contributed by atoms with Crippen LogP contribution in [0, 0.1) is 24.1 Å². The molecule has 10 heteroatoms. The molecular formula is C20H25FN8S. The highest BCUT2D eigenvalue weighted by Gasteiger charge is 2.56. The second-order valence-electron chi connectivity index (χ2n) is 8.81. The Bertz CT molecular complexity index is 991. The summed E-state index contributed by atoms with van der Waals surface area (Å²) in [5, 5.41) is 13.4. The van der Waals surface area contributed by atoms with Crippen molar-refractivity contribution in [1.82, 2.24) is 24.1 Å². The second kappa shape index (κ2) is 7.11. The summed E-state index contributed by atoms with van der Waals surface area (Å²) in [5.74, 6) is 0.200. The minimum Gasteiger partial charge on any atom is -0.350 e. The molecule has 1 N–H and O–H groups in total. The zero-order chi connectivity index (χ0) is 20.9. The van der Waals surface area contributed by atoms with Crippen LogP contribution in [0.4, 0.5) is 21.2 Å². The van der Waals surface area contributed by atoms with Crippen LogP contribution in [-0.4, -0.2) is 75.0 Å². The van der Waals surface area contributed by atoms with Gasteiger partial charge in [-0.2, -0.15) is 14.6 Å². The number of nitriles is 1. The van der Waals surface area contributed by atoms with E-state index in [1.807, 2.05) is 17.9 Å². The molecule has 0 radical (unpaired) electrons. The van der Waals surface area contributed by atoms with E-state index in [1.165, 1.54) is 30.6 Å². The number of nitrogens with zero attached hydrogens (tertiary/aromatic N) is 7. The lowest BCUT2D eigenvalue weighted by atomic mass is 9.83. The molecule has 0 aromatic carbocycles. The van der Waals surface area contributed by atoms with Crippen LogP contribution >= 0.6 is 11.5 Å². The smallest absolute Gasteiger partial charge is 0.229 e. The maximum atomic E-state index is 14.6. The molecule has 1 saturated carbocycles. The van der Waals surface area contributed by atoms with Crippen molar-refractivity contribution in [3.8, 4) is 6.07 Å². The first-order valence-electron chi connectivity index (χ1n) is 10.2. The Hall–Kier alpha value is -2.35. The summed E-state index contributed by atoms with van der Waals surface area (Å²) in [6.07, 6.45) is 4.09. The van der Waals surface area contributed by atoms with Crippen LogP contribution in [0.1, 0.15) is 25.0 Å². The Morgan fingerprint density at radius 3 is 2.77 bits per heavy atom. The third-order valence-corrected chi connectivity index (χ3v) is 7.56. The highest BCUT2D eigenvalue weighted by atomic mass is 32.1. The lowest BCUT2D eigenvalue weighted by Gasteiger charge is -2.58. The molecule has 30 heavy (non-hydrogen) atoms. The van der Waals surface area contributed by atoms with Gasteiger partial charge in [0.05, 0.1) is 29.9 Å². The monoisotopic (exact) mass is 428 g/mol. The summed E-state index contributed by atoms with van der Waals surface area (Å²) in [6.45, 7) is 6.07. The molecule has 2 aromatic rings. The lowest BCUT2D eigenvalue weighted by molar-refractivity contribution is -0.0136. The molecule has 1 aliphatic carbocycles. The maximum absolute atomic E-state index is 14.6. The van der Waals surface area contributed by atoms with Gasteiger partial charge in [0.1, 0.15) is 5.00 Å². The van der Waals surface area contributed by atoms with Gasteiger partial charge in [-0.05, 0) is 44.4 Å². The van der Waals surface area contributed by atoms with E-state index in [4.69, 9.17) is 0 Å². The summed E-state index contributed by atoms with van der Waals surface area (Å²) < 4.78 is 18.8. The molecule has 5 rings (SSSR count). The van der Waals surface area contributed by atoms with Crippen LogP contribution < -0.4 is 10.2 Å². The molecule has 1 spiro atoms. The number of aryl methyl sites for hydroxylation is 1. The van der Waals surface area contributed by atoms with E-state index in [-0.39, 0.29) is 16.9 Å². The largest absolute Gasteiger partial charge is 0.350 e. The zero-order valence-corrected chi connectivity index (χ0v) is 18.0. The number of hydrogen-bond donors (Lipinski definition) is 1. The number of aromatic nitrogens is 3. The quantitative estimate of drug-likeness (QED) is 0.777. The Labute approximate surface area is 179 Å². The number of anilines is 3. The molecule has 3 fully saturated rings. The average Bonchev–Trinajstić information content (AvgIpc) is 3.35. The molecule has 2 aliphatic heterocycles. The minimum atomic E-state index is -0.441. The SMILES string of the molecule is Cc1cc(Nc2ncc(F)c(N3CC(CC#N)(N4CCN(C)C5(CC5)C4)C3)n2)sn1. The van der Waals surface area contributed by atoms with E-state index in [1.54, 1.807) is 0 Å². The van der Waals surface area contributed by atoms with E-state index in [9.17, 15) is 9.65 Å². The van der Waals surface area contributed by atoms with Gasteiger partial charge in [-0.1, -0.05) is 0 Å². The standard InChI is InChI=1S/C20H25FN8S/c1-14-9-16(30-26-14)24-18-23-10-15(21)17(25-18)28-11-20(12-28,5-6-22)29-8-7-27(2)19(13-29)3-4-19/h9-10H,3-5,7-8,11-13H2,1-2H3,(H,23,24,25). The van der Waals surface area contributed by atoms with Crippen LogP contribution in [0.2, 0.25) is 0 Å². The summed E-state index contributed by atoms with van der Waals surface area (Å²) in [4.78, 5) is 15.3. The molecule has 0 atom stereocenters. The van der Waals surface area contributed by atoms with Crippen molar-refractivity contribution in [2.75, 3.05) is 50.0 Å². The van der Waals surface area contributed by atoms with Gasteiger partial charge in [-0.3, -0.25) is 9.80 Å². The van der Waals surface area contributed by atoms with Crippen LogP contribution in [0.3, 0.4) is 0 Å². The summed E-state index contributed by atoms with van der Waals surface area (Å²) >= 11 is 1.32. The van der Waals surface area contributed by atoms with Gasteiger partial charge in [-0.25, -0.2) is 9.37 Å². The number of piperazine rings is 1. The fourth-order valence-corrected chi connectivity index (χ4v) is 5.36. The maximum Gasteiger partial charge on any atom is 0.229 e. The van der Waals surface area contributed by atoms with Crippen molar-refractivity contribution in [3.05, 3.63) is 23.8 Å². The first-order valence-corrected chi connectivity index (χ1v) is 11.0. The third-order valence-electron chi connectivity index (χ3n) is 6.76. The number of rotatable bonds is 5. The van der Waals surface area contributed by atoms with E-state index in [0.29, 0.717) is 25.5 Å². The molecule has 2 saturated heterocycles. The molecular weight excluding hydrogens is 403 g/mol. The molecule has 0 bridgehead atoms. The fraction of sp³-hybridized carbons (Fsp3) is 0.600. The van der Waals surface area contributed by atoms with E-state index in [2.05, 4.69) is 42.6 Å². The van der Waals surface area contributed by atoms with Crippen molar-refractivity contribution in [2.24, 2.45) is 0 Å². The van der Waals surface area contributed by atoms with E-state index in [0.717, 1.165) is 30.3 Å². The van der Waals surface area contributed by atoms with Crippen molar-refractivity contribution >= 4 is 28.3 Å². The third kappa shape index (κ3) is 3.31. The van der Waals surface area contributed by atoms with Crippen molar-refractivity contribution in [1.29, 1.82) is 5.26 Å². The van der Waals surface area contributed by atoms with Crippen LogP contribution in [0.15, 0.2) is 12.3 Å². The van der Waals surface area contributed by atoms with Gasteiger partial charge >= 0.3 is 0 Å². The number of hydrogen-bond acceptors (Lipinski definition) is 9. The summed E-state index contributed by atoms with van der Waals surface area (Å²) in [7, 11) is 2.20. The van der Waals surface area contributed by atoms with Gasteiger partial charge in [0.2, 0.25) is 5.95 Å². The molecule has 2 aromatic heterocycles. The highest BCUT2D eigenvalue weighted by molar-refractivity contribution is 7.10. The first kappa shape index (κ1) is 19.6. The first-order chi connectivity index (χ1) is 14.4. The van der Waals surface area contributed by atoms with Gasteiger partial charge in [0.25, 0.3) is 0 Å². The molecule has 0 amide bonds. The van der Waals surface area contributed by atoms with E-state index < -0.39 is 5.82 Å². The molecule has 158 valence electrons. The van der Waals surface area contributed by atoms with Crippen LogP contribution in [-0.2, 0) is 0 Å². The number of nitrogens with one attached hydrogen (secondary N) is 1. The van der Waals surface area contributed by atoms with Crippen LogP contribution in [0.25, 0.3) is 0 Å². The zero-order valence-electron chi connectivity index (χ0n) is 17.2. The normalized spacial score (nSPS) is 22.5. The van der Waals surface area contributed by atoms with Gasteiger partial charge < -0.3 is 10.2 Å². The lowest BCUT2D eigenvalue weighted by Crippen LogP contribution is -2.74. The predicted octanol–water partition coefficient (Wildman–Crippen LogP) is 2.38. The van der Waals surface area contributed by atoms with Crippen molar-refractivity contribution in [2.45, 2.75) is 37.3 Å². The van der Waals surface area contributed by atoms with Crippen LogP contribution in [0.5, 0.6) is 0 Å². The summed E-state index contributed by atoms with van der Waals surface area (Å²) in [6, 6.07) is 4.28. The minimum absolute atomic E-state index is 0.231. The second-order valence-corrected chi connectivity index (χ2v) is 9.61. The Kier molecular flexibility index (Phi) is 4.65. The van der Waals surface area contributed by atoms with Crippen molar-refractivity contribution in [3.63, 3.8) is 0 Å². The predicted molar refractivity (Wildman–Crippen MR) is 113 cm³/mol. The molecule has 3 aliphatic rings. The number of halogens is 1. The average molecular weight is 429 g/mol. The van der Waals surface area contributed by atoms with Gasteiger partial charge in [0.15, 0.2) is 11.6 Å². The van der Waals surface area contributed by atoms with Crippen molar-refractivity contribution < 1.29 is 4.39 Å². The fourth-order valence-electron chi connectivity index (χ4n) is 4.71. The Morgan fingerprint density at radius 1 is 1.30 bits per heavy atom. The molecule has 4 heterocycles. The molecule has 8 nitrogen and oxygen atoms in total. The topological polar surface area (TPSA) is 84.2 Å². The van der Waals surface area contributed by atoms with Gasteiger partial charge in [0, 0.05) is 38.3 Å². The summed E-state index contributed by atoms with van der Waals surface area (Å²) in [5.41, 5.74) is 0.964. The Balaban J connectivity index is 1.33. The number of likely N-dealkylation sites (N-methyl/N-ethyl adjacent to an activating group) is 1. The highest BCUT2D eigenvalue weighted by Crippen LogP contribution is 2.46. The van der Waals surface area contributed by atoms with Gasteiger partial charge in [-0.15, -0.1) is 0 Å². The van der Waals surface area contributed by atoms with E-state index >= 15 is 0 Å². The Morgan fingerprint density at radius 2 is 2.10 bits per heavy atom. The molecule has 0 unspecified atom stereocenters.